The molecular weight excluding hydrogens is 288 g/mol. The summed E-state index contributed by atoms with van der Waals surface area (Å²) in [5.41, 5.74) is 2.61. The molecule has 104 valence electrons. The van der Waals surface area contributed by atoms with E-state index in [2.05, 4.69) is 20.3 Å². The van der Waals surface area contributed by atoms with Crippen molar-refractivity contribution in [2.24, 2.45) is 0 Å². The van der Waals surface area contributed by atoms with Crippen LogP contribution < -0.4 is 5.32 Å². The summed E-state index contributed by atoms with van der Waals surface area (Å²) in [5.74, 6) is -0.350. The Balaban J connectivity index is 1.98. The summed E-state index contributed by atoms with van der Waals surface area (Å²) in [6.07, 6.45) is 4.36. The second-order valence-electron chi connectivity index (χ2n) is 4.57. The molecule has 1 N–H and O–H groups in total. The Morgan fingerprint density at radius 1 is 1.19 bits per heavy atom. The minimum Gasteiger partial charge on any atom is -0.319 e. The third-order valence-electron chi connectivity index (χ3n) is 2.95. The summed E-state index contributed by atoms with van der Waals surface area (Å²) in [6, 6.07) is 7.70. The number of aromatic nitrogens is 3. The van der Waals surface area contributed by atoms with Crippen LogP contribution in [0, 0.1) is 6.92 Å². The summed E-state index contributed by atoms with van der Waals surface area (Å²) in [7, 11) is 0. The first-order chi connectivity index (χ1) is 10.1. The Hall–Kier alpha value is -2.53. The second kappa shape index (κ2) is 5.46. The van der Waals surface area contributed by atoms with E-state index >= 15 is 0 Å². The van der Waals surface area contributed by atoms with Gasteiger partial charge in [-0.05, 0) is 30.7 Å². The highest BCUT2D eigenvalue weighted by atomic mass is 35.5. The maximum Gasteiger partial charge on any atom is 0.275 e. The minimum absolute atomic E-state index is 0.199. The lowest BCUT2D eigenvalue weighted by Crippen LogP contribution is -2.14. The summed E-state index contributed by atoms with van der Waals surface area (Å²) >= 11 is 5.66. The predicted octanol–water partition coefficient (Wildman–Crippen LogP) is 3.24. The van der Waals surface area contributed by atoms with E-state index < -0.39 is 0 Å². The van der Waals surface area contributed by atoms with Crippen LogP contribution in [0.5, 0.6) is 0 Å². The molecule has 0 aliphatic carbocycles. The van der Waals surface area contributed by atoms with Crippen LogP contribution in [0.2, 0.25) is 5.15 Å². The monoisotopic (exact) mass is 298 g/mol. The number of carbonyl (C=O) groups is 1. The van der Waals surface area contributed by atoms with Gasteiger partial charge in [0.1, 0.15) is 10.8 Å². The summed E-state index contributed by atoms with van der Waals surface area (Å²) in [5, 5.41) is 4.03. The Labute approximate surface area is 126 Å². The maximum atomic E-state index is 12.2. The van der Waals surface area contributed by atoms with E-state index in [0.717, 1.165) is 16.5 Å². The molecular formula is C15H11ClN4O. The van der Waals surface area contributed by atoms with Crippen LogP contribution in [0.1, 0.15) is 16.1 Å². The topological polar surface area (TPSA) is 67.8 Å². The molecule has 0 atom stereocenters. The number of pyridine rings is 1. The van der Waals surface area contributed by atoms with E-state index in [-0.39, 0.29) is 16.8 Å². The SMILES string of the molecule is Cc1cc(NC(=O)c2cnc(Cl)cn2)c2ncccc2c1. The summed E-state index contributed by atoms with van der Waals surface area (Å²) in [6.45, 7) is 1.96. The molecule has 0 fully saturated rings. The molecule has 0 bridgehead atoms. The van der Waals surface area contributed by atoms with Crippen molar-refractivity contribution >= 4 is 34.1 Å². The quantitative estimate of drug-likeness (QED) is 0.788. The number of rotatable bonds is 2. The van der Waals surface area contributed by atoms with Gasteiger partial charge in [-0.1, -0.05) is 17.7 Å². The van der Waals surface area contributed by atoms with Gasteiger partial charge >= 0.3 is 0 Å². The zero-order valence-electron chi connectivity index (χ0n) is 11.2. The number of benzene rings is 1. The lowest BCUT2D eigenvalue weighted by atomic mass is 10.1. The smallest absolute Gasteiger partial charge is 0.275 e. The van der Waals surface area contributed by atoms with Gasteiger partial charge in [0.2, 0.25) is 0 Å². The van der Waals surface area contributed by atoms with Crippen molar-refractivity contribution in [2.45, 2.75) is 6.92 Å². The zero-order valence-corrected chi connectivity index (χ0v) is 11.9. The number of nitrogens with zero attached hydrogens (tertiary/aromatic N) is 3. The first-order valence-electron chi connectivity index (χ1n) is 6.28. The molecule has 2 aromatic heterocycles. The number of hydrogen-bond acceptors (Lipinski definition) is 4. The average Bonchev–Trinajstić information content (AvgIpc) is 2.47. The number of carbonyl (C=O) groups excluding carboxylic acids is 1. The molecule has 1 amide bonds. The molecule has 0 unspecified atom stereocenters. The lowest BCUT2D eigenvalue weighted by molar-refractivity contribution is 0.102. The number of halogens is 1. The molecule has 0 saturated carbocycles. The van der Waals surface area contributed by atoms with Crippen LogP contribution in [0.4, 0.5) is 5.69 Å². The average molecular weight is 299 g/mol. The van der Waals surface area contributed by atoms with Gasteiger partial charge < -0.3 is 5.32 Å². The molecule has 0 aliphatic heterocycles. The van der Waals surface area contributed by atoms with E-state index in [1.165, 1.54) is 12.4 Å². The van der Waals surface area contributed by atoms with Crippen molar-refractivity contribution in [1.29, 1.82) is 0 Å². The van der Waals surface area contributed by atoms with Crippen LogP contribution in [0.15, 0.2) is 42.9 Å². The van der Waals surface area contributed by atoms with Gasteiger partial charge in [-0.2, -0.15) is 0 Å². The Morgan fingerprint density at radius 3 is 2.81 bits per heavy atom. The molecule has 0 aliphatic rings. The van der Waals surface area contributed by atoms with Gasteiger partial charge in [0.05, 0.1) is 23.6 Å². The number of anilines is 1. The number of nitrogens with one attached hydrogen (secondary N) is 1. The van der Waals surface area contributed by atoms with Crippen molar-refractivity contribution in [1.82, 2.24) is 15.0 Å². The fraction of sp³-hybridized carbons (Fsp3) is 0.0667. The van der Waals surface area contributed by atoms with Gasteiger partial charge in [-0.25, -0.2) is 9.97 Å². The van der Waals surface area contributed by atoms with Crippen molar-refractivity contribution < 1.29 is 4.79 Å². The zero-order chi connectivity index (χ0) is 14.8. The fourth-order valence-corrected chi connectivity index (χ4v) is 2.15. The van der Waals surface area contributed by atoms with E-state index in [1.807, 2.05) is 31.2 Å². The van der Waals surface area contributed by atoms with Crippen LogP contribution in [0.3, 0.4) is 0 Å². The van der Waals surface area contributed by atoms with E-state index in [0.29, 0.717) is 5.69 Å². The molecule has 2 heterocycles. The molecule has 0 radical (unpaired) electrons. The highest BCUT2D eigenvalue weighted by molar-refractivity contribution is 6.29. The third-order valence-corrected chi connectivity index (χ3v) is 3.15. The number of hydrogen-bond donors (Lipinski definition) is 1. The van der Waals surface area contributed by atoms with Crippen molar-refractivity contribution in [3.8, 4) is 0 Å². The van der Waals surface area contributed by atoms with E-state index in [1.54, 1.807) is 6.20 Å². The molecule has 3 aromatic rings. The molecule has 21 heavy (non-hydrogen) atoms. The summed E-state index contributed by atoms with van der Waals surface area (Å²) < 4.78 is 0. The molecule has 5 nitrogen and oxygen atoms in total. The van der Waals surface area contributed by atoms with E-state index in [9.17, 15) is 4.79 Å². The molecule has 3 rings (SSSR count). The highest BCUT2D eigenvalue weighted by Crippen LogP contribution is 2.23. The van der Waals surface area contributed by atoms with Crippen molar-refractivity contribution in [3.63, 3.8) is 0 Å². The standard InChI is InChI=1S/C15H11ClN4O/c1-9-5-10-3-2-4-17-14(10)11(6-9)20-15(21)12-7-19-13(16)8-18-12/h2-8H,1H3,(H,20,21). The van der Waals surface area contributed by atoms with Gasteiger partial charge in [0, 0.05) is 11.6 Å². The predicted molar refractivity (Wildman–Crippen MR) is 81.5 cm³/mol. The number of amides is 1. The Bertz CT molecular complexity index is 818. The number of fused-ring (bicyclic) bond motifs is 1. The second-order valence-corrected chi connectivity index (χ2v) is 4.95. The van der Waals surface area contributed by atoms with Crippen molar-refractivity contribution in [3.05, 3.63) is 59.3 Å². The lowest BCUT2D eigenvalue weighted by Gasteiger charge is -2.09. The Morgan fingerprint density at radius 2 is 2.05 bits per heavy atom. The van der Waals surface area contributed by atoms with Gasteiger partial charge in [-0.15, -0.1) is 0 Å². The van der Waals surface area contributed by atoms with E-state index in [4.69, 9.17) is 11.6 Å². The van der Waals surface area contributed by atoms with Gasteiger partial charge in [-0.3, -0.25) is 9.78 Å². The first-order valence-corrected chi connectivity index (χ1v) is 6.65. The Kier molecular flexibility index (Phi) is 3.50. The minimum atomic E-state index is -0.350. The molecule has 6 heteroatoms. The molecule has 0 saturated heterocycles. The first kappa shape index (κ1) is 13.5. The van der Waals surface area contributed by atoms with Gasteiger partial charge in [0.25, 0.3) is 5.91 Å². The fourth-order valence-electron chi connectivity index (χ4n) is 2.05. The van der Waals surface area contributed by atoms with Crippen LogP contribution in [0.25, 0.3) is 10.9 Å². The highest BCUT2D eigenvalue weighted by Gasteiger charge is 2.11. The number of aryl methyl sites for hydroxylation is 1. The normalized spacial score (nSPS) is 10.6. The van der Waals surface area contributed by atoms with Gasteiger partial charge in [0.15, 0.2) is 0 Å². The van der Waals surface area contributed by atoms with Crippen molar-refractivity contribution in [2.75, 3.05) is 5.32 Å². The summed E-state index contributed by atoms with van der Waals surface area (Å²) in [4.78, 5) is 24.3. The van der Waals surface area contributed by atoms with Crippen LogP contribution in [-0.4, -0.2) is 20.9 Å². The molecule has 0 spiro atoms. The third kappa shape index (κ3) is 2.83. The maximum absolute atomic E-state index is 12.2. The van der Waals surface area contributed by atoms with Crippen LogP contribution >= 0.6 is 11.6 Å². The molecule has 1 aromatic carbocycles. The van der Waals surface area contributed by atoms with Crippen LogP contribution in [-0.2, 0) is 0 Å². The largest absolute Gasteiger partial charge is 0.319 e.